The number of aromatic nitrogens is 4. The van der Waals surface area contributed by atoms with Gasteiger partial charge in [-0.1, -0.05) is 0 Å². The van der Waals surface area contributed by atoms with Gasteiger partial charge in [-0.2, -0.15) is 0 Å². The number of ether oxygens (including phenoxy) is 1. The van der Waals surface area contributed by atoms with Gasteiger partial charge in [0.15, 0.2) is 11.9 Å². The van der Waals surface area contributed by atoms with Crippen molar-refractivity contribution < 1.29 is 20.1 Å². The van der Waals surface area contributed by atoms with E-state index in [-0.39, 0.29) is 6.61 Å². The summed E-state index contributed by atoms with van der Waals surface area (Å²) in [5, 5.41) is 28.6. The van der Waals surface area contributed by atoms with E-state index in [1.807, 2.05) is 0 Å². The molecule has 3 N–H and O–H groups in total. The van der Waals surface area contributed by atoms with Crippen molar-refractivity contribution in [2.45, 2.75) is 24.5 Å². The second-order valence-electron chi connectivity index (χ2n) is 4.11. The van der Waals surface area contributed by atoms with Crippen LogP contribution in [0.3, 0.4) is 0 Å². The zero-order valence-corrected chi connectivity index (χ0v) is 9.29. The lowest BCUT2D eigenvalue weighted by Crippen LogP contribution is -2.33. The average Bonchev–Trinajstić information content (AvgIpc) is 2.93. The predicted molar refractivity (Wildman–Crippen MR) is 58.3 cm³/mol. The van der Waals surface area contributed by atoms with Gasteiger partial charge in [-0.25, -0.2) is 15.0 Å². The van der Waals surface area contributed by atoms with Crippen LogP contribution in [-0.2, 0) is 4.74 Å². The van der Waals surface area contributed by atoms with Crippen LogP contribution in [-0.4, -0.2) is 59.8 Å². The van der Waals surface area contributed by atoms with Gasteiger partial charge < -0.3 is 20.1 Å². The summed E-state index contributed by atoms with van der Waals surface area (Å²) in [5.74, 6) is 0. The van der Waals surface area contributed by atoms with Gasteiger partial charge in [0.1, 0.15) is 30.2 Å². The van der Waals surface area contributed by atoms with Crippen LogP contribution >= 0.6 is 0 Å². The molecule has 1 fully saturated rings. The Morgan fingerprint density at radius 2 is 2.11 bits per heavy atom. The highest BCUT2D eigenvalue weighted by molar-refractivity contribution is 5.68. The summed E-state index contributed by atoms with van der Waals surface area (Å²) < 4.78 is 6.91. The molecule has 8 nitrogen and oxygen atoms in total. The van der Waals surface area contributed by atoms with Crippen molar-refractivity contribution in [3.63, 3.8) is 0 Å². The van der Waals surface area contributed by atoms with Crippen LogP contribution in [0.2, 0.25) is 0 Å². The molecular formula is C10H12N4O4. The monoisotopic (exact) mass is 252 g/mol. The molecule has 0 saturated carbocycles. The van der Waals surface area contributed by atoms with E-state index >= 15 is 0 Å². The van der Waals surface area contributed by atoms with Crippen LogP contribution in [0.1, 0.15) is 6.23 Å². The summed E-state index contributed by atoms with van der Waals surface area (Å²) in [6, 6.07) is 0. The van der Waals surface area contributed by atoms with Gasteiger partial charge in [-0.15, -0.1) is 0 Å². The molecule has 8 heteroatoms. The van der Waals surface area contributed by atoms with Gasteiger partial charge in [0, 0.05) is 0 Å². The van der Waals surface area contributed by atoms with Crippen molar-refractivity contribution in [1.29, 1.82) is 0 Å². The number of imidazole rings is 1. The fourth-order valence-corrected chi connectivity index (χ4v) is 2.08. The lowest BCUT2D eigenvalue weighted by molar-refractivity contribution is -0.0511. The number of fused-ring (bicyclic) bond motifs is 1. The Balaban J connectivity index is 2.00. The SMILES string of the molecule is OC[C@H]1O[C@H](n2cnc3cncnc32)[C@@H](O)[C@H]1O. The van der Waals surface area contributed by atoms with Crippen LogP contribution in [0.25, 0.3) is 11.2 Å². The first-order valence-electron chi connectivity index (χ1n) is 5.47. The smallest absolute Gasteiger partial charge is 0.165 e. The second-order valence-corrected chi connectivity index (χ2v) is 4.11. The minimum Gasteiger partial charge on any atom is -0.394 e. The fraction of sp³-hybridized carbons (Fsp3) is 0.500. The maximum absolute atomic E-state index is 9.91. The second kappa shape index (κ2) is 4.25. The zero-order valence-electron chi connectivity index (χ0n) is 9.29. The van der Waals surface area contributed by atoms with Crippen molar-refractivity contribution >= 4 is 11.2 Å². The first kappa shape index (κ1) is 11.5. The van der Waals surface area contributed by atoms with Crippen LogP contribution in [0, 0.1) is 0 Å². The molecule has 3 rings (SSSR count). The van der Waals surface area contributed by atoms with E-state index in [4.69, 9.17) is 9.84 Å². The van der Waals surface area contributed by atoms with E-state index in [1.165, 1.54) is 17.2 Å². The summed E-state index contributed by atoms with van der Waals surface area (Å²) in [4.78, 5) is 12.0. The van der Waals surface area contributed by atoms with E-state index in [1.54, 1.807) is 6.20 Å². The Morgan fingerprint density at radius 1 is 1.28 bits per heavy atom. The fourth-order valence-electron chi connectivity index (χ4n) is 2.08. The molecular weight excluding hydrogens is 240 g/mol. The van der Waals surface area contributed by atoms with Crippen molar-refractivity contribution in [1.82, 2.24) is 19.5 Å². The zero-order chi connectivity index (χ0) is 12.7. The number of aliphatic hydroxyl groups excluding tert-OH is 3. The van der Waals surface area contributed by atoms with Crippen LogP contribution in [0.15, 0.2) is 18.9 Å². The minimum absolute atomic E-state index is 0.365. The molecule has 0 bridgehead atoms. The molecule has 4 atom stereocenters. The van der Waals surface area contributed by atoms with Crippen LogP contribution in [0.4, 0.5) is 0 Å². The minimum atomic E-state index is -1.14. The van der Waals surface area contributed by atoms with Crippen LogP contribution in [0.5, 0.6) is 0 Å². The van der Waals surface area contributed by atoms with E-state index in [2.05, 4.69) is 15.0 Å². The van der Waals surface area contributed by atoms with Gasteiger partial charge in [-0.05, 0) is 0 Å². The number of hydrogen-bond donors (Lipinski definition) is 3. The molecule has 0 aromatic carbocycles. The number of nitrogens with zero attached hydrogens (tertiary/aromatic N) is 4. The van der Waals surface area contributed by atoms with Crippen molar-refractivity contribution in [3.05, 3.63) is 18.9 Å². The molecule has 0 spiro atoms. The number of aliphatic hydroxyl groups is 3. The normalized spacial score (nSPS) is 32.2. The molecule has 18 heavy (non-hydrogen) atoms. The van der Waals surface area contributed by atoms with Crippen molar-refractivity contribution in [2.75, 3.05) is 6.61 Å². The lowest BCUT2D eigenvalue weighted by Gasteiger charge is -2.16. The van der Waals surface area contributed by atoms with E-state index in [9.17, 15) is 10.2 Å². The largest absolute Gasteiger partial charge is 0.394 e. The molecule has 0 radical (unpaired) electrons. The van der Waals surface area contributed by atoms with E-state index < -0.39 is 24.5 Å². The first-order chi connectivity index (χ1) is 8.72. The maximum Gasteiger partial charge on any atom is 0.165 e. The first-order valence-corrected chi connectivity index (χ1v) is 5.47. The average molecular weight is 252 g/mol. The summed E-state index contributed by atoms with van der Waals surface area (Å²) in [6.07, 6.45) is 0.442. The van der Waals surface area contributed by atoms with Crippen LogP contribution < -0.4 is 0 Å². The molecule has 1 aliphatic rings. The van der Waals surface area contributed by atoms with Gasteiger partial charge in [-0.3, -0.25) is 4.57 Å². The van der Waals surface area contributed by atoms with Gasteiger partial charge >= 0.3 is 0 Å². The Kier molecular flexibility index (Phi) is 2.71. The van der Waals surface area contributed by atoms with Gasteiger partial charge in [0.05, 0.1) is 19.1 Å². The summed E-state index contributed by atoms with van der Waals surface area (Å²) in [7, 11) is 0. The summed E-state index contributed by atoms with van der Waals surface area (Å²) >= 11 is 0. The quantitative estimate of drug-likeness (QED) is 0.592. The van der Waals surface area contributed by atoms with Gasteiger partial charge in [0.2, 0.25) is 0 Å². The van der Waals surface area contributed by atoms with E-state index in [0.717, 1.165) is 0 Å². The maximum atomic E-state index is 9.91. The van der Waals surface area contributed by atoms with E-state index in [0.29, 0.717) is 11.2 Å². The molecule has 1 aliphatic heterocycles. The molecule has 0 amide bonds. The van der Waals surface area contributed by atoms with Gasteiger partial charge in [0.25, 0.3) is 0 Å². The predicted octanol–water partition coefficient (Wildman–Crippen LogP) is -1.56. The van der Waals surface area contributed by atoms with Crippen molar-refractivity contribution in [3.8, 4) is 0 Å². The highest BCUT2D eigenvalue weighted by atomic mass is 16.6. The number of rotatable bonds is 2. The molecule has 96 valence electrons. The molecule has 2 aromatic heterocycles. The highest BCUT2D eigenvalue weighted by Crippen LogP contribution is 2.30. The van der Waals surface area contributed by atoms with Crippen molar-refractivity contribution in [2.24, 2.45) is 0 Å². The highest BCUT2D eigenvalue weighted by Gasteiger charge is 2.43. The topological polar surface area (TPSA) is 114 Å². The molecule has 0 aliphatic carbocycles. The summed E-state index contributed by atoms with van der Waals surface area (Å²) in [5.41, 5.74) is 1.06. The Bertz CT molecular complexity index is 560. The molecule has 3 heterocycles. The number of hydrogen-bond acceptors (Lipinski definition) is 7. The Hall–Kier alpha value is -1.61. The lowest BCUT2D eigenvalue weighted by atomic mass is 10.1. The Labute approximate surface area is 102 Å². The third kappa shape index (κ3) is 1.58. The third-order valence-electron chi connectivity index (χ3n) is 3.03. The molecule has 1 saturated heterocycles. The Morgan fingerprint density at radius 3 is 2.83 bits per heavy atom. The molecule has 2 aromatic rings. The molecule has 0 unspecified atom stereocenters. The third-order valence-corrected chi connectivity index (χ3v) is 3.03. The summed E-state index contributed by atoms with van der Waals surface area (Å²) in [6.45, 7) is -0.365. The standard InChI is InChI=1S/C10H12N4O4/c15-2-6-7(16)8(17)10(18-6)14-4-13-5-1-11-3-12-9(5)14/h1,3-4,6-8,10,15-17H,2H2/t6-,7+,8+,10+/m1/s1.